The van der Waals surface area contributed by atoms with E-state index in [1.54, 1.807) is 50.3 Å². The number of ether oxygens (including phenoxy) is 1. The number of hydrogen-bond donors (Lipinski definition) is 3. The molecule has 1 aliphatic carbocycles. The summed E-state index contributed by atoms with van der Waals surface area (Å²) in [7, 11) is 3.21. The predicted molar refractivity (Wildman–Crippen MR) is 125 cm³/mol. The van der Waals surface area contributed by atoms with Crippen LogP contribution in [0.15, 0.2) is 40.9 Å². The van der Waals surface area contributed by atoms with Crippen molar-refractivity contribution in [1.29, 1.82) is 0 Å². The Kier molecular flexibility index (Phi) is 5.71. The second kappa shape index (κ2) is 8.83. The van der Waals surface area contributed by atoms with Crippen LogP contribution in [0, 0.1) is 5.95 Å². The van der Waals surface area contributed by atoms with Crippen molar-refractivity contribution in [2.45, 2.75) is 25.0 Å². The molecular formula is C21H21FN8O3S. The molecule has 3 N–H and O–H groups in total. The van der Waals surface area contributed by atoms with Gasteiger partial charge in [-0.05, 0) is 25.0 Å². The van der Waals surface area contributed by atoms with Crippen LogP contribution in [-0.2, 0) is 4.74 Å². The number of aromatic nitrogens is 5. The fourth-order valence-electron chi connectivity index (χ4n) is 3.81. The molecule has 0 radical (unpaired) electrons. The van der Waals surface area contributed by atoms with E-state index in [1.807, 2.05) is 0 Å². The standard InChI is InChI=1S/C21H21FN8O3S/c1-23-15-8-14(25-12-4-3-7-29(21(12)32)16-9-24-10-34-16)27-19-17(18(22)28-30(15)19)20(31)26-11-5-6-13(11)33-2/h3-4,7-11,13,23H,5-6H2,1-2H3,(H,25,27)(H,26,31)/t11-,13-/m1/s1. The van der Waals surface area contributed by atoms with Crippen LogP contribution in [0.3, 0.4) is 0 Å². The van der Waals surface area contributed by atoms with Crippen LogP contribution in [0.25, 0.3) is 10.6 Å². The molecule has 1 aliphatic rings. The summed E-state index contributed by atoms with van der Waals surface area (Å²) in [6, 6.07) is 4.68. The van der Waals surface area contributed by atoms with Crippen LogP contribution in [-0.4, -0.2) is 56.4 Å². The zero-order valence-corrected chi connectivity index (χ0v) is 19.1. The van der Waals surface area contributed by atoms with Gasteiger partial charge in [-0.2, -0.15) is 8.91 Å². The van der Waals surface area contributed by atoms with Gasteiger partial charge in [0.15, 0.2) is 5.65 Å². The molecule has 1 amide bonds. The molecule has 34 heavy (non-hydrogen) atoms. The minimum Gasteiger partial charge on any atom is -0.379 e. The van der Waals surface area contributed by atoms with Crippen molar-refractivity contribution in [3.8, 4) is 5.00 Å². The number of nitrogens with zero attached hydrogens (tertiary/aromatic N) is 5. The average molecular weight is 485 g/mol. The number of carbonyl (C=O) groups excluding carboxylic acids is 1. The summed E-state index contributed by atoms with van der Waals surface area (Å²) in [5, 5.41) is 13.2. The molecule has 176 valence electrons. The molecule has 4 aromatic heterocycles. The average Bonchev–Trinajstić information content (AvgIpc) is 3.45. The summed E-state index contributed by atoms with van der Waals surface area (Å²) in [5.74, 6) is -0.955. The molecule has 4 aromatic rings. The lowest BCUT2D eigenvalue weighted by atomic mass is 9.89. The van der Waals surface area contributed by atoms with E-state index >= 15 is 0 Å². The Morgan fingerprint density at radius 1 is 1.35 bits per heavy atom. The van der Waals surface area contributed by atoms with Gasteiger partial charge in [-0.1, -0.05) is 0 Å². The van der Waals surface area contributed by atoms with E-state index in [4.69, 9.17) is 4.74 Å². The van der Waals surface area contributed by atoms with Gasteiger partial charge in [0, 0.05) is 26.4 Å². The maximum absolute atomic E-state index is 14.8. The predicted octanol–water partition coefficient (Wildman–Crippen LogP) is 2.17. The first-order chi connectivity index (χ1) is 16.5. The number of hydrogen-bond acceptors (Lipinski definition) is 9. The summed E-state index contributed by atoms with van der Waals surface area (Å²) >= 11 is 1.33. The lowest BCUT2D eigenvalue weighted by Gasteiger charge is -2.35. The highest BCUT2D eigenvalue weighted by atomic mass is 32.1. The second-order valence-electron chi connectivity index (χ2n) is 7.67. The van der Waals surface area contributed by atoms with Crippen LogP contribution in [0.5, 0.6) is 0 Å². The number of halogens is 1. The molecule has 2 atom stereocenters. The van der Waals surface area contributed by atoms with E-state index < -0.39 is 11.9 Å². The van der Waals surface area contributed by atoms with E-state index in [-0.39, 0.29) is 40.4 Å². The third-order valence-electron chi connectivity index (χ3n) is 5.73. The van der Waals surface area contributed by atoms with E-state index in [1.165, 1.54) is 20.4 Å². The first-order valence-electron chi connectivity index (χ1n) is 10.5. The van der Waals surface area contributed by atoms with E-state index in [0.717, 1.165) is 12.8 Å². The van der Waals surface area contributed by atoms with Gasteiger partial charge in [0.05, 0.1) is 23.9 Å². The van der Waals surface area contributed by atoms with Crippen LogP contribution < -0.4 is 21.5 Å². The molecule has 0 aliphatic heterocycles. The highest BCUT2D eigenvalue weighted by Gasteiger charge is 2.34. The minimum atomic E-state index is -0.945. The molecule has 11 nitrogen and oxygen atoms in total. The van der Waals surface area contributed by atoms with Gasteiger partial charge < -0.3 is 20.7 Å². The number of carbonyl (C=O) groups is 1. The number of pyridine rings is 1. The minimum absolute atomic E-state index is 0.0105. The Morgan fingerprint density at radius 2 is 2.21 bits per heavy atom. The molecule has 1 saturated carbocycles. The molecule has 13 heteroatoms. The van der Waals surface area contributed by atoms with Gasteiger partial charge in [-0.25, -0.2) is 4.98 Å². The largest absolute Gasteiger partial charge is 0.379 e. The normalized spacial score (nSPS) is 17.4. The summed E-state index contributed by atoms with van der Waals surface area (Å²) in [4.78, 5) is 34.3. The van der Waals surface area contributed by atoms with Gasteiger partial charge in [-0.15, -0.1) is 16.4 Å². The summed E-state index contributed by atoms with van der Waals surface area (Å²) < 4.78 is 22.8. The van der Waals surface area contributed by atoms with Crippen LogP contribution in [0.4, 0.5) is 21.7 Å². The topological polar surface area (TPSA) is 127 Å². The van der Waals surface area contributed by atoms with Gasteiger partial charge >= 0.3 is 0 Å². The van der Waals surface area contributed by atoms with E-state index in [2.05, 4.69) is 31.0 Å². The zero-order valence-electron chi connectivity index (χ0n) is 18.3. The monoisotopic (exact) mass is 484 g/mol. The molecular weight excluding hydrogens is 463 g/mol. The Bertz CT molecular complexity index is 1420. The van der Waals surface area contributed by atoms with Crippen LogP contribution in [0.1, 0.15) is 23.2 Å². The van der Waals surface area contributed by atoms with Crippen molar-refractivity contribution in [3.05, 3.63) is 58.0 Å². The Labute approximate surface area is 196 Å². The van der Waals surface area contributed by atoms with Gasteiger partial charge in [0.1, 0.15) is 27.9 Å². The molecule has 1 fully saturated rings. The number of rotatable bonds is 7. The van der Waals surface area contributed by atoms with E-state index in [0.29, 0.717) is 10.8 Å². The number of methoxy groups -OCH3 is 1. The smallest absolute Gasteiger partial charge is 0.279 e. The van der Waals surface area contributed by atoms with Gasteiger partial charge in [0.2, 0.25) is 5.95 Å². The van der Waals surface area contributed by atoms with Crippen molar-refractivity contribution < 1.29 is 13.9 Å². The van der Waals surface area contributed by atoms with Gasteiger partial charge in [0.25, 0.3) is 11.5 Å². The second-order valence-corrected chi connectivity index (χ2v) is 8.54. The summed E-state index contributed by atoms with van der Waals surface area (Å²) in [6.45, 7) is 0. The van der Waals surface area contributed by atoms with E-state index in [9.17, 15) is 14.0 Å². The highest BCUT2D eigenvalue weighted by Crippen LogP contribution is 2.26. The zero-order chi connectivity index (χ0) is 23.8. The molecule has 0 spiro atoms. The number of fused-ring (bicyclic) bond motifs is 1. The number of thiazole rings is 1. The molecule has 0 saturated heterocycles. The Morgan fingerprint density at radius 3 is 2.88 bits per heavy atom. The molecule has 0 bridgehead atoms. The van der Waals surface area contributed by atoms with Crippen LogP contribution in [0.2, 0.25) is 0 Å². The first-order valence-corrected chi connectivity index (χ1v) is 11.4. The van der Waals surface area contributed by atoms with Crippen molar-refractivity contribution in [2.24, 2.45) is 0 Å². The Balaban J connectivity index is 1.52. The number of amides is 1. The lowest BCUT2D eigenvalue weighted by Crippen LogP contribution is -2.51. The number of anilines is 3. The third-order valence-corrected chi connectivity index (χ3v) is 6.50. The third kappa shape index (κ3) is 3.78. The molecule has 0 unspecified atom stereocenters. The molecule has 0 aromatic carbocycles. The summed E-state index contributed by atoms with van der Waals surface area (Å²) in [6.07, 6.45) is 4.69. The quantitative estimate of drug-likeness (QED) is 0.364. The van der Waals surface area contributed by atoms with Crippen molar-refractivity contribution in [2.75, 3.05) is 24.8 Å². The first kappa shape index (κ1) is 22.0. The SMILES string of the molecule is CNc1cc(Nc2cccn(-c3cncs3)c2=O)nc2c(C(=O)N[C@@H]3CC[C@H]3OC)c(F)nn12. The van der Waals surface area contributed by atoms with Crippen molar-refractivity contribution >= 4 is 40.2 Å². The molecule has 4 heterocycles. The highest BCUT2D eigenvalue weighted by molar-refractivity contribution is 7.12. The van der Waals surface area contributed by atoms with Gasteiger partial charge in [-0.3, -0.25) is 19.1 Å². The van der Waals surface area contributed by atoms with Crippen molar-refractivity contribution in [3.63, 3.8) is 0 Å². The number of nitrogens with one attached hydrogen (secondary N) is 3. The van der Waals surface area contributed by atoms with Crippen molar-refractivity contribution in [1.82, 2.24) is 29.5 Å². The van der Waals surface area contributed by atoms with Crippen LogP contribution >= 0.6 is 11.3 Å². The fraction of sp³-hybridized carbons (Fsp3) is 0.286. The molecule has 5 rings (SSSR count). The maximum atomic E-state index is 14.8. The lowest BCUT2D eigenvalue weighted by molar-refractivity contribution is 0.00725. The fourth-order valence-corrected chi connectivity index (χ4v) is 4.42. The maximum Gasteiger partial charge on any atom is 0.279 e. The summed E-state index contributed by atoms with van der Waals surface area (Å²) in [5.41, 5.74) is 1.30. The Hall–Kier alpha value is -3.84.